The minimum absolute atomic E-state index is 0.440. The Labute approximate surface area is 103 Å². The number of para-hydroxylation sites is 2. The summed E-state index contributed by atoms with van der Waals surface area (Å²) < 4.78 is 2.12. The molecule has 2 unspecified atom stereocenters. The third kappa shape index (κ3) is 2.28. The number of nitrogens with zero attached hydrogens (tertiary/aromatic N) is 2. The van der Waals surface area contributed by atoms with E-state index >= 15 is 0 Å². The molecule has 1 N–H and O–H groups in total. The molecule has 17 heavy (non-hydrogen) atoms. The van der Waals surface area contributed by atoms with Gasteiger partial charge in [-0.1, -0.05) is 32.4 Å². The zero-order valence-corrected chi connectivity index (χ0v) is 11.1. The number of hydrogen-bond acceptors (Lipinski definition) is 2. The highest BCUT2D eigenvalue weighted by atomic mass is 15.2. The van der Waals surface area contributed by atoms with Crippen LogP contribution < -0.4 is 5.32 Å². The standard InChI is InChI=1S/C14H21N3/c1-5-10(2)11(3)15-14-16-12-8-6-7-9-13(12)17(14)4/h6-11H,5H2,1-4H3,(H,15,16). The molecule has 0 aliphatic rings. The number of nitrogens with one attached hydrogen (secondary N) is 1. The molecule has 2 rings (SSSR count). The molecule has 0 saturated heterocycles. The molecule has 0 fully saturated rings. The van der Waals surface area contributed by atoms with Crippen LogP contribution in [0.15, 0.2) is 24.3 Å². The van der Waals surface area contributed by atoms with E-state index in [0.717, 1.165) is 11.5 Å². The fourth-order valence-electron chi connectivity index (χ4n) is 1.97. The van der Waals surface area contributed by atoms with Gasteiger partial charge >= 0.3 is 0 Å². The van der Waals surface area contributed by atoms with E-state index in [2.05, 4.69) is 54.8 Å². The SMILES string of the molecule is CCC(C)C(C)Nc1nc2ccccc2n1C. The first kappa shape index (κ1) is 12.0. The van der Waals surface area contributed by atoms with Gasteiger partial charge < -0.3 is 9.88 Å². The normalized spacial score (nSPS) is 14.8. The molecule has 0 saturated carbocycles. The zero-order chi connectivity index (χ0) is 12.4. The molecule has 0 radical (unpaired) electrons. The lowest BCUT2D eigenvalue weighted by Gasteiger charge is -2.20. The van der Waals surface area contributed by atoms with Crippen LogP contribution in [0.25, 0.3) is 11.0 Å². The van der Waals surface area contributed by atoms with Gasteiger partial charge in [0.05, 0.1) is 11.0 Å². The van der Waals surface area contributed by atoms with E-state index in [4.69, 9.17) is 0 Å². The molecule has 0 bridgehead atoms. The predicted molar refractivity (Wildman–Crippen MR) is 73.3 cm³/mol. The number of fused-ring (bicyclic) bond motifs is 1. The molecule has 0 amide bonds. The van der Waals surface area contributed by atoms with Crippen molar-refractivity contribution in [2.45, 2.75) is 33.2 Å². The smallest absolute Gasteiger partial charge is 0.203 e. The molecular formula is C14H21N3. The molecule has 1 aromatic carbocycles. The first-order chi connectivity index (χ1) is 8.13. The maximum Gasteiger partial charge on any atom is 0.203 e. The Kier molecular flexibility index (Phi) is 3.36. The summed E-state index contributed by atoms with van der Waals surface area (Å²) in [5.41, 5.74) is 2.22. The summed E-state index contributed by atoms with van der Waals surface area (Å²) in [6.07, 6.45) is 1.18. The molecule has 0 aliphatic carbocycles. The number of aromatic nitrogens is 2. The van der Waals surface area contributed by atoms with Gasteiger partial charge in [0.15, 0.2) is 0 Å². The van der Waals surface area contributed by atoms with E-state index < -0.39 is 0 Å². The van der Waals surface area contributed by atoms with E-state index in [1.54, 1.807) is 0 Å². The lowest BCUT2D eigenvalue weighted by molar-refractivity contribution is 0.491. The molecule has 0 spiro atoms. The van der Waals surface area contributed by atoms with E-state index in [9.17, 15) is 0 Å². The molecule has 0 aliphatic heterocycles. The van der Waals surface area contributed by atoms with Gasteiger partial charge in [0.1, 0.15) is 0 Å². The summed E-state index contributed by atoms with van der Waals surface area (Å²) in [6.45, 7) is 6.70. The van der Waals surface area contributed by atoms with Gasteiger partial charge in [-0.05, 0) is 25.0 Å². The highest BCUT2D eigenvalue weighted by Gasteiger charge is 2.13. The van der Waals surface area contributed by atoms with Crippen LogP contribution in [0.2, 0.25) is 0 Å². The topological polar surface area (TPSA) is 29.9 Å². The maximum absolute atomic E-state index is 4.62. The average molecular weight is 231 g/mol. The van der Waals surface area contributed by atoms with E-state index in [1.165, 1.54) is 11.9 Å². The van der Waals surface area contributed by atoms with Crippen molar-refractivity contribution in [3.63, 3.8) is 0 Å². The quantitative estimate of drug-likeness (QED) is 0.873. The van der Waals surface area contributed by atoms with Gasteiger partial charge in [-0.15, -0.1) is 0 Å². The molecule has 1 aromatic heterocycles. The number of hydrogen-bond donors (Lipinski definition) is 1. The van der Waals surface area contributed by atoms with Crippen LogP contribution in [0.1, 0.15) is 27.2 Å². The summed E-state index contributed by atoms with van der Waals surface area (Å²) in [6, 6.07) is 8.66. The van der Waals surface area contributed by atoms with Crippen LogP contribution in [0.3, 0.4) is 0 Å². The van der Waals surface area contributed by atoms with Gasteiger partial charge in [0.2, 0.25) is 5.95 Å². The maximum atomic E-state index is 4.62. The molecule has 2 atom stereocenters. The lowest BCUT2D eigenvalue weighted by Crippen LogP contribution is -2.24. The Hall–Kier alpha value is -1.51. The van der Waals surface area contributed by atoms with Crippen LogP contribution in [0.5, 0.6) is 0 Å². The molecular weight excluding hydrogens is 210 g/mol. The van der Waals surface area contributed by atoms with E-state index in [1.807, 2.05) is 12.1 Å². The fraction of sp³-hybridized carbons (Fsp3) is 0.500. The van der Waals surface area contributed by atoms with Crippen molar-refractivity contribution in [1.29, 1.82) is 0 Å². The number of rotatable bonds is 4. The minimum Gasteiger partial charge on any atom is -0.353 e. The van der Waals surface area contributed by atoms with Crippen molar-refractivity contribution in [3.05, 3.63) is 24.3 Å². The summed E-state index contributed by atoms with van der Waals surface area (Å²) in [4.78, 5) is 4.62. The highest BCUT2D eigenvalue weighted by molar-refractivity contribution is 5.78. The average Bonchev–Trinajstić information content (AvgIpc) is 2.66. The minimum atomic E-state index is 0.440. The van der Waals surface area contributed by atoms with Crippen LogP contribution in [-0.2, 0) is 7.05 Å². The van der Waals surface area contributed by atoms with Gasteiger partial charge in [-0.2, -0.15) is 0 Å². The zero-order valence-electron chi connectivity index (χ0n) is 11.1. The van der Waals surface area contributed by atoms with Gasteiger partial charge in [-0.3, -0.25) is 0 Å². The number of benzene rings is 1. The summed E-state index contributed by atoms with van der Waals surface area (Å²) in [7, 11) is 2.06. The van der Waals surface area contributed by atoms with Crippen molar-refractivity contribution >= 4 is 17.0 Å². The summed E-state index contributed by atoms with van der Waals surface area (Å²) in [5.74, 6) is 1.61. The van der Waals surface area contributed by atoms with Crippen molar-refractivity contribution in [1.82, 2.24) is 9.55 Å². The van der Waals surface area contributed by atoms with Gasteiger partial charge in [0, 0.05) is 13.1 Å². The van der Waals surface area contributed by atoms with Crippen LogP contribution in [0, 0.1) is 5.92 Å². The highest BCUT2D eigenvalue weighted by Crippen LogP contribution is 2.20. The third-order valence-corrected chi connectivity index (χ3v) is 3.64. The summed E-state index contributed by atoms with van der Waals surface area (Å²) >= 11 is 0. The monoisotopic (exact) mass is 231 g/mol. The Morgan fingerprint density at radius 3 is 2.65 bits per heavy atom. The van der Waals surface area contributed by atoms with Crippen molar-refractivity contribution in [2.24, 2.45) is 13.0 Å². The van der Waals surface area contributed by atoms with Crippen LogP contribution in [-0.4, -0.2) is 15.6 Å². The fourth-order valence-corrected chi connectivity index (χ4v) is 1.97. The Morgan fingerprint density at radius 2 is 2.00 bits per heavy atom. The second kappa shape index (κ2) is 4.78. The third-order valence-electron chi connectivity index (χ3n) is 3.64. The number of anilines is 1. The lowest BCUT2D eigenvalue weighted by atomic mass is 10.0. The molecule has 3 heteroatoms. The van der Waals surface area contributed by atoms with Crippen molar-refractivity contribution in [3.8, 4) is 0 Å². The van der Waals surface area contributed by atoms with Crippen LogP contribution in [0.4, 0.5) is 5.95 Å². The molecule has 92 valence electrons. The first-order valence-corrected chi connectivity index (χ1v) is 6.31. The second-order valence-electron chi connectivity index (χ2n) is 4.80. The van der Waals surface area contributed by atoms with Crippen molar-refractivity contribution in [2.75, 3.05) is 5.32 Å². The van der Waals surface area contributed by atoms with E-state index in [-0.39, 0.29) is 0 Å². The molecule has 3 nitrogen and oxygen atoms in total. The largest absolute Gasteiger partial charge is 0.353 e. The van der Waals surface area contributed by atoms with Crippen LogP contribution >= 0.6 is 0 Å². The van der Waals surface area contributed by atoms with Crippen molar-refractivity contribution < 1.29 is 0 Å². The first-order valence-electron chi connectivity index (χ1n) is 6.31. The van der Waals surface area contributed by atoms with E-state index in [0.29, 0.717) is 12.0 Å². The summed E-state index contributed by atoms with van der Waals surface area (Å²) in [5, 5.41) is 3.50. The predicted octanol–water partition coefficient (Wildman–Crippen LogP) is 3.42. The Balaban J connectivity index is 2.27. The second-order valence-corrected chi connectivity index (χ2v) is 4.80. The Bertz CT molecular complexity index is 501. The molecule has 1 heterocycles. The van der Waals surface area contributed by atoms with Gasteiger partial charge in [0.25, 0.3) is 0 Å². The number of aryl methyl sites for hydroxylation is 1. The molecule has 2 aromatic rings. The Morgan fingerprint density at radius 1 is 1.29 bits per heavy atom. The number of imidazole rings is 1. The van der Waals surface area contributed by atoms with Gasteiger partial charge in [-0.25, -0.2) is 4.98 Å².